The minimum Gasteiger partial charge on any atom is -0.399 e. The van der Waals surface area contributed by atoms with Crippen LogP contribution in [0.15, 0.2) is 24.3 Å². The van der Waals surface area contributed by atoms with Crippen LogP contribution in [0.5, 0.6) is 0 Å². The Morgan fingerprint density at radius 3 is 2.69 bits per heavy atom. The van der Waals surface area contributed by atoms with Crippen LogP contribution in [0.4, 0.5) is 10.1 Å². The SMILES string of the molecule is Cc1cc(N)ccc1/C=C\C(C)F. The Balaban J connectivity index is 2.90. The molecule has 13 heavy (non-hydrogen) atoms. The Morgan fingerprint density at radius 1 is 1.46 bits per heavy atom. The summed E-state index contributed by atoms with van der Waals surface area (Å²) < 4.78 is 12.5. The molecular weight excluding hydrogens is 165 g/mol. The third kappa shape index (κ3) is 2.90. The van der Waals surface area contributed by atoms with Gasteiger partial charge in [-0.1, -0.05) is 18.2 Å². The van der Waals surface area contributed by atoms with Crippen LogP contribution in [0.2, 0.25) is 0 Å². The summed E-state index contributed by atoms with van der Waals surface area (Å²) in [5.74, 6) is 0. The third-order valence-corrected chi connectivity index (χ3v) is 1.83. The predicted molar refractivity (Wildman–Crippen MR) is 55.2 cm³/mol. The van der Waals surface area contributed by atoms with Crippen molar-refractivity contribution in [3.8, 4) is 0 Å². The normalized spacial score (nSPS) is 13.5. The molecule has 0 aliphatic heterocycles. The lowest BCUT2D eigenvalue weighted by molar-refractivity contribution is 0.432. The highest BCUT2D eigenvalue weighted by Gasteiger charge is 1.95. The maximum atomic E-state index is 12.5. The van der Waals surface area contributed by atoms with Gasteiger partial charge in [-0.3, -0.25) is 0 Å². The van der Waals surface area contributed by atoms with Crippen molar-refractivity contribution in [2.24, 2.45) is 0 Å². The van der Waals surface area contributed by atoms with Gasteiger partial charge >= 0.3 is 0 Å². The van der Waals surface area contributed by atoms with Crippen molar-refractivity contribution in [2.45, 2.75) is 20.0 Å². The molecule has 1 aromatic carbocycles. The van der Waals surface area contributed by atoms with Crippen LogP contribution in [0.1, 0.15) is 18.1 Å². The number of aryl methyl sites for hydroxylation is 1. The fourth-order valence-corrected chi connectivity index (χ4v) is 1.12. The van der Waals surface area contributed by atoms with Crippen molar-refractivity contribution in [2.75, 3.05) is 5.73 Å². The highest BCUT2D eigenvalue weighted by molar-refractivity contribution is 5.58. The molecule has 2 N–H and O–H groups in total. The van der Waals surface area contributed by atoms with E-state index in [9.17, 15) is 4.39 Å². The van der Waals surface area contributed by atoms with E-state index in [1.807, 2.05) is 25.1 Å². The van der Waals surface area contributed by atoms with Crippen LogP contribution in [0.25, 0.3) is 6.08 Å². The van der Waals surface area contributed by atoms with E-state index in [2.05, 4.69) is 0 Å². The van der Waals surface area contributed by atoms with Crippen molar-refractivity contribution in [3.63, 3.8) is 0 Å². The predicted octanol–water partition coefficient (Wildman–Crippen LogP) is 2.95. The lowest BCUT2D eigenvalue weighted by Crippen LogP contribution is -1.88. The molecule has 0 aliphatic carbocycles. The third-order valence-electron chi connectivity index (χ3n) is 1.83. The Bertz CT molecular complexity index is 316. The fraction of sp³-hybridized carbons (Fsp3) is 0.273. The molecule has 0 aliphatic rings. The first-order valence-corrected chi connectivity index (χ1v) is 4.28. The molecule has 0 saturated carbocycles. The van der Waals surface area contributed by atoms with Crippen molar-refractivity contribution < 1.29 is 4.39 Å². The van der Waals surface area contributed by atoms with Gasteiger partial charge in [0.2, 0.25) is 0 Å². The van der Waals surface area contributed by atoms with Gasteiger partial charge in [0.25, 0.3) is 0 Å². The second-order valence-corrected chi connectivity index (χ2v) is 3.15. The summed E-state index contributed by atoms with van der Waals surface area (Å²) in [6, 6.07) is 5.59. The Morgan fingerprint density at radius 2 is 2.15 bits per heavy atom. The number of anilines is 1. The number of hydrogen-bond acceptors (Lipinski definition) is 1. The van der Waals surface area contributed by atoms with E-state index in [-0.39, 0.29) is 0 Å². The second-order valence-electron chi connectivity index (χ2n) is 3.15. The van der Waals surface area contributed by atoms with E-state index < -0.39 is 6.17 Å². The number of alkyl halides is 1. The molecule has 0 aromatic heterocycles. The Hall–Kier alpha value is -1.31. The average Bonchev–Trinajstić information content (AvgIpc) is 2.02. The zero-order valence-electron chi connectivity index (χ0n) is 7.92. The van der Waals surface area contributed by atoms with Crippen molar-refractivity contribution in [1.29, 1.82) is 0 Å². The summed E-state index contributed by atoms with van der Waals surface area (Å²) in [4.78, 5) is 0. The molecule has 1 rings (SSSR count). The van der Waals surface area contributed by atoms with Crippen LogP contribution in [0.3, 0.4) is 0 Å². The summed E-state index contributed by atoms with van der Waals surface area (Å²) in [7, 11) is 0. The molecule has 70 valence electrons. The summed E-state index contributed by atoms with van der Waals surface area (Å²) in [5.41, 5.74) is 8.40. The van der Waals surface area contributed by atoms with Gasteiger partial charge in [-0.05, 0) is 37.1 Å². The van der Waals surface area contributed by atoms with Gasteiger partial charge in [0.15, 0.2) is 0 Å². The van der Waals surface area contributed by atoms with Crippen molar-refractivity contribution in [1.82, 2.24) is 0 Å². The maximum absolute atomic E-state index is 12.5. The number of rotatable bonds is 2. The first-order chi connectivity index (χ1) is 6.09. The minimum absolute atomic E-state index is 0.739. The summed E-state index contributed by atoms with van der Waals surface area (Å²) >= 11 is 0. The largest absolute Gasteiger partial charge is 0.399 e. The van der Waals surface area contributed by atoms with Gasteiger partial charge < -0.3 is 5.73 Å². The van der Waals surface area contributed by atoms with Crippen LogP contribution in [-0.4, -0.2) is 6.17 Å². The molecule has 0 bridgehead atoms. The second kappa shape index (κ2) is 4.08. The number of benzene rings is 1. The zero-order chi connectivity index (χ0) is 9.84. The highest BCUT2D eigenvalue weighted by atomic mass is 19.1. The number of hydrogen-bond donors (Lipinski definition) is 1. The molecule has 1 unspecified atom stereocenters. The molecule has 0 amide bonds. The molecule has 0 fully saturated rings. The highest BCUT2D eigenvalue weighted by Crippen LogP contribution is 2.14. The van der Waals surface area contributed by atoms with Gasteiger partial charge in [0.1, 0.15) is 6.17 Å². The monoisotopic (exact) mass is 179 g/mol. The van der Waals surface area contributed by atoms with Crippen LogP contribution >= 0.6 is 0 Å². The average molecular weight is 179 g/mol. The van der Waals surface area contributed by atoms with E-state index in [0.29, 0.717) is 0 Å². The van der Waals surface area contributed by atoms with Crippen molar-refractivity contribution >= 4 is 11.8 Å². The molecule has 1 nitrogen and oxygen atoms in total. The van der Waals surface area contributed by atoms with Crippen LogP contribution < -0.4 is 5.73 Å². The van der Waals surface area contributed by atoms with Gasteiger partial charge in [0, 0.05) is 5.69 Å². The van der Waals surface area contributed by atoms with E-state index in [4.69, 9.17) is 5.73 Å². The van der Waals surface area contributed by atoms with Crippen LogP contribution in [-0.2, 0) is 0 Å². The quantitative estimate of drug-likeness (QED) is 0.694. The number of nitrogens with two attached hydrogens (primary N) is 1. The standard InChI is InChI=1S/C11H14FN/c1-8-7-11(13)6-5-10(8)4-3-9(2)12/h3-7,9H,13H2,1-2H3/b4-3-. The summed E-state index contributed by atoms with van der Waals surface area (Å²) in [6.45, 7) is 3.46. The molecule has 1 atom stereocenters. The molecule has 1 aromatic rings. The van der Waals surface area contributed by atoms with Gasteiger partial charge in [-0.25, -0.2) is 4.39 Å². The van der Waals surface area contributed by atoms with Crippen LogP contribution in [0, 0.1) is 6.92 Å². The van der Waals surface area contributed by atoms with Gasteiger partial charge in [0.05, 0.1) is 0 Å². The summed E-state index contributed by atoms with van der Waals surface area (Å²) in [5, 5.41) is 0. The molecule has 0 spiro atoms. The number of halogens is 1. The van der Waals surface area contributed by atoms with E-state index >= 15 is 0 Å². The lowest BCUT2D eigenvalue weighted by Gasteiger charge is -2.01. The van der Waals surface area contributed by atoms with E-state index in [1.165, 1.54) is 13.0 Å². The van der Waals surface area contributed by atoms with E-state index in [0.717, 1.165) is 16.8 Å². The molecule has 0 saturated heterocycles. The smallest absolute Gasteiger partial charge is 0.116 e. The minimum atomic E-state index is -0.906. The first kappa shape index (κ1) is 9.78. The Kier molecular flexibility index (Phi) is 3.07. The molecule has 2 heteroatoms. The van der Waals surface area contributed by atoms with Gasteiger partial charge in [-0.2, -0.15) is 0 Å². The fourth-order valence-electron chi connectivity index (χ4n) is 1.12. The first-order valence-electron chi connectivity index (χ1n) is 4.28. The number of nitrogen functional groups attached to an aromatic ring is 1. The number of allylic oxidation sites excluding steroid dienone is 1. The van der Waals surface area contributed by atoms with Crippen molar-refractivity contribution in [3.05, 3.63) is 35.4 Å². The molecule has 0 radical (unpaired) electrons. The topological polar surface area (TPSA) is 26.0 Å². The maximum Gasteiger partial charge on any atom is 0.116 e. The molecular formula is C11H14FN. The zero-order valence-corrected chi connectivity index (χ0v) is 7.92. The molecule has 0 heterocycles. The lowest BCUT2D eigenvalue weighted by atomic mass is 10.1. The Labute approximate surface area is 78.1 Å². The summed E-state index contributed by atoms with van der Waals surface area (Å²) in [6.07, 6.45) is 2.40. The van der Waals surface area contributed by atoms with E-state index in [1.54, 1.807) is 6.08 Å². The van der Waals surface area contributed by atoms with Gasteiger partial charge in [-0.15, -0.1) is 0 Å².